The van der Waals surface area contributed by atoms with Crippen LogP contribution in [0, 0.1) is 16.7 Å². The van der Waals surface area contributed by atoms with Crippen LogP contribution in [0.15, 0.2) is 22.8 Å². The largest absolute Gasteiger partial charge is 0.321 e. The Hall–Kier alpha value is -0.560. The first-order chi connectivity index (χ1) is 9.71. The molecule has 3 atom stereocenters. The lowest BCUT2D eigenvalue weighted by atomic mass is 9.50. The van der Waals surface area contributed by atoms with Gasteiger partial charge in [0.05, 0.1) is 0 Å². The third kappa shape index (κ3) is 2.07. The minimum Gasteiger partial charge on any atom is -0.321 e. The first kappa shape index (κ1) is 15.3. The smallest absolute Gasteiger partial charge is 0.0423 e. The van der Waals surface area contributed by atoms with Gasteiger partial charge >= 0.3 is 0 Å². The summed E-state index contributed by atoms with van der Waals surface area (Å²) in [5.41, 5.74) is 12.6. The van der Waals surface area contributed by atoms with Crippen LogP contribution in [-0.4, -0.2) is 5.54 Å². The molecule has 2 unspecified atom stereocenters. The monoisotopic (exact) mass is 287 g/mol. The van der Waals surface area contributed by atoms with E-state index in [-0.39, 0.29) is 11.0 Å². The van der Waals surface area contributed by atoms with E-state index in [1.807, 2.05) is 0 Å². The van der Waals surface area contributed by atoms with E-state index in [1.54, 1.807) is 11.1 Å². The molecule has 1 fully saturated rings. The first-order valence-corrected chi connectivity index (χ1v) is 8.86. The summed E-state index contributed by atoms with van der Waals surface area (Å²) in [6, 6.07) is 0. The zero-order chi connectivity index (χ0) is 15.5. The lowest BCUT2D eigenvalue weighted by molar-refractivity contribution is 0.0565. The zero-order valence-electron chi connectivity index (χ0n) is 14.7. The minimum absolute atomic E-state index is 0.0794. The number of hydrogen-bond acceptors (Lipinski definition) is 1. The lowest BCUT2D eigenvalue weighted by Gasteiger charge is -2.57. The van der Waals surface area contributed by atoms with Gasteiger partial charge in [-0.25, -0.2) is 0 Å². The molecule has 118 valence electrons. The molecule has 1 saturated carbocycles. The Morgan fingerprint density at radius 3 is 2.52 bits per heavy atom. The predicted molar refractivity (Wildman–Crippen MR) is 91.1 cm³/mol. The van der Waals surface area contributed by atoms with E-state index < -0.39 is 0 Å². The maximum Gasteiger partial charge on any atom is 0.0423 e. The van der Waals surface area contributed by atoms with Crippen LogP contribution < -0.4 is 5.73 Å². The Bertz CT molecular complexity index is 510. The SMILES string of the molecule is CC1=CCCC2(C)CCC3=C(C)CCC(C[C@]12N)C3(C)C. The van der Waals surface area contributed by atoms with E-state index in [4.69, 9.17) is 5.73 Å². The molecule has 0 aromatic carbocycles. The van der Waals surface area contributed by atoms with Gasteiger partial charge in [0.25, 0.3) is 0 Å². The van der Waals surface area contributed by atoms with Crippen LogP contribution in [0.4, 0.5) is 0 Å². The molecule has 0 saturated heterocycles. The second-order valence-corrected chi connectivity index (χ2v) is 8.88. The normalized spacial score (nSPS) is 42.8. The summed E-state index contributed by atoms with van der Waals surface area (Å²) in [5.74, 6) is 0.738. The van der Waals surface area contributed by atoms with Gasteiger partial charge in [-0.3, -0.25) is 0 Å². The highest BCUT2D eigenvalue weighted by Gasteiger charge is 2.53. The minimum atomic E-state index is -0.0794. The summed E-state index contributed by atoms with van der Waals surface area (Å²) in [4.78, 5) is 0. The number of rotatable bonds is 0. The number of allylic oxidation sites excluding steroid dienone is 3. The average molecular weight is 287 g/mol. The van der Waals surface area contributed by atoms with Gasteiger partial charge in [0.15, 0.2) is 0 Å². The van der Waals surface area contributed by atoms with Gasteiger partial charge in [0, 0.05) is 5.54 Å². The molecule has 3 rings (SSSR count). The van der Waals surface area contributed by atoms with Crippen molar-refractivity contribution in [2.45, 2.75) is 85.1 Å². The van der Waals surface area contributed by atoms with Crippen molar-refractivity contribution in [3.8, 4) is 0 Å². The number of hydrogen-bond donors (Lipinski definition) is 1. The Balaban J connectivity index is 2.08. The van der Waals surface area contributed by atoms with Crippen molar-refractivity contribution in [3.63, 3.8) is 0 Å². The van der Waals surface area contributed by atoms with Gasteiger partial charge in [-0.05, 0) is 75.5 Å². The van der Waals surface area contributed by atoms with Gasteiger partial charge in [0.1, 0.15) is 0 Å². The molecule has 0 aromatic heterocycles. The molecule has 0 aromatic rings. The highest BCUT2D eigenvalue weighted by molar-refractivity contribution is 5.32. The third-order valence-electron chi connectivity index (χ3n) is 7.60. The molecule has 2 N–H and O–H groups in total. The number of fused-ring (bicyclic) bond motifs is 3. The molecule has 1 heteroatoms. The molecule has 0 aliphatic heterocycles. The number of nitrogens with two attached hydrogens (primary N) is 1. The van der Waals surface area contributed by atoms with E-state index in [2.05, 4.69) is 40.7 Å². The molecular formula is C20H33N. The summed E-state index contributed by atoms with van der Waals surface area (Å²) in [5, 5.41) is 0. The van der Waals surface area contributed by atoms with Crippen molar-refractivity contribution in [2.24, 2.45) is 22.5 Å². The third-order valence-corrected chi connectivity index (χ3v) is 7.60. The molecule has 1 nitrogen and oxygen atoms in total. The molecule has 0 amide bonds. The van der Waals surface area contributed by atoms with E-state index in [0.717, 1.165) is 5.92 Å². The van der Waals surface area contributed by atoms with Crippen LogP contribution in [-0.2, 0) is 0 Å². The molecule has 3 aliphatic carbocycles. The fourth-order valence-electron chi connectivity index (χ4n) is 5.63. The zero-order valence-corrected chi connectivity index (χ0v) is 14.7. The average Bonchev–Trinajstić information content (AvgIpc) is 2.39. The summed E-state index contributed by atoms with van der Waals surface area (Å²) < 4.78 is 0. The lowest BCUT2D eigenvalue weighted by Crippen LogP contribution is -2.59. The highest BCUT2D eigenvalue weighted by Crippen LogP contribution is 2.58. The standard InChI is InChI=1S/C20H33N/c1-14-8-9-16-13-20(21)15(2)7-6-11-19(20,5)12-10-17(14)18(16,3)4/h7,16H,6,8-13,21H2,1-5H3/t16?,19?,20-/m0/s1. The van der Waals surface area contributed by atoms with Crippen molar-refractivity contribution < 1.29 is 0 Å². The van der Waals surface area contributed by atoms with Gasteiger partial charge in [-0.2, -0.15) is 0 Å². The van der Waals surface area contributed by atoms with Gasteiger partial charge in [-0.15, -0.1) is 0 Å². The van der Waals surface area contributed by atoms with E-state index in [0.29, 0.717) is 5.41 Å². The summed E-state index contributed by atoms with van der Waals surface area (Å²) in [7, 11) is 0. The molecule has 0 heterocycles. The summed E-state index contributed by atoms with van der Waals surface area (Å²) in [6.07, 6.45) is 11.2. The Morgan fingerprint density at radius 1 is 1.10 bits per heavy atom. The van der Waals surface area contributed by atoms with Crippen molar-refractivity contribution >= 4 is 0 Å². The van der Waals surface area contributed by atoms with E-state index in [9.17, 15) is 0 Å². The second kappa shape index (κ2) is 4.72. The fraction of sp³-hybridized carbons (Fsp3) is 0.800. The van der Waals surface area contributed by atoms with Crippen LogP contribution in [0.25, 0.3) is 0 Å². The second-order valence-electron chi connectivity index (χ2n) is 8.88. The van der Waals surface area contributed by atoms with E-state index in [1.165, 1.54) is 50.5 Å². The molecule has 2 bridgehead atoms. The maximum atomic E-state index is 7.12. The van der Waals surface area contributed by atoms with Crippen LogP contribution in [0.3, 0.4) is 0 Å². The summed E-state index contributed by atoms with van der Waals surface area (Å²) in [6.45, 7) is 12.1. The van der Waals surface area contributed by atoms with Gasteiger partial charge < -0.3 is 5.73 Å². The van der Waals surface area contributed by atoms with Crippen LogP contribution in [0.2, 0.25) is 0 Å². The van der Waals surface area contributed by atoms with Crippen LogP contribution in [0.1, 0.15) is 79.6 Å². The Kier molecular flexibility index (Phi) is 3.44. The van der Waals surface area contributed by atoms with E-state index >= 15 is 0 Å². The van der Waals surface area contributed by atoms with Crippen molar-refractivity contribution in [1.29, 1.82) is 0 Å². The topological polar surface area (TPSA) is 26.0 Å². The van der Waals surface area contributed by atoms with Crippen molar-refractivity contribution in [3.05, 3.63) is 22.8 Å². The first-order valence-electron chi connectivity index (χ1n) is 8.86. The maximum absolute atomic E-state index is 7.12. The quantitative estimate of drug-likeness (QED) is 0.596. The van der Waals surface area contributed by atoms with Gasteiger partial charge in [0.2, 0.25) is 0 Å². The van der Waals surface area contributed by atoms with Crippen molar-refractivity contribution in [1.82, 2.24) is 0 Å². The molecule has 0 spiro atoms. The van der Waals surface area contributed by atoms with Crippen LogP contribution >= 0.6 is 0 Å². The predicted octanol–water partition coefficient (Wildman–Crippen LogP) is 5.37. The highest BCUT2D eigenvalue weighted by atomic mass is 14.8. The molecule has 21 heavy (non-hydrogen) atoms. The summed E-state index contributed by atoms with van der Waals surface area (Å²) >= 11 is 0. The van der Waals surface area contributed by atoms with Gasteiger partial charge in [-0.1, -0.05) is 43.6 Å². The molecule has 3 aliphatic rings. The Labute approximate surface area is 131 Å². The fourth-order valence-corrected chi connectivity index (χ4v) is 5.63. The Morgan fingerprint density at radius 2 is 1.81 bits per heavy atom. The van der Waals surface area contributed by atoms with Crippen LogP contribution in [0.5, 0.6) is 0 Å². The molecular weight excluding hydrogens is 254 g/mol. The van der Waals surface area contributed by atoms with Crippen molar-refractivity contribution in [2.75, 3.05) is 0 Å². The molecule has 0 radical (unpaired) electrons.